The Morgan fingerprint density at radius 3 is 1.85 bits per heavy atom. The van der Waals surface area contributed by atoms with Crippen LogP contribution in [0.5, 0.6) is 0 Å². The van der Waals surface area contributed by atoms with Crippen molar-refractivity contribution in [2.45, 2.75) is 77.6 Å². The second-order valence-electron chi connectivity index (χ2n) is 7.30. The Hall–Kier alpha value is -0.0151. The molecule has 2 rings (SSSR count). The van der Waals surface area contributed by atoms with Gasteiger partial charge < -0.3 is 9.68 Å². The van der Waals surface area contributed by atoms with E-state index in [2.05, 4.69) is 6.92 Å². The Morgan fingerprint density at radius 2 is 1.35 bits per heavy atom. The van der Waals surface area contributed by atoms with E-state index in [-0.39, 0.29) is 7.69 Å². The predicted octanol–water partition coefficient (Wildman–Crippen LogP) is 4.06. The molecule has 0 unspecified atom stereocenters. The summed E-state index contributed by atoms with van der Waals surface area (Å²) in [6, 6.07) is 0. The van der Waals surface area contributed by atoms with E-state index in [4.69, 9.17) is 9.68 Å². The zero-order valence-corrected chi connectivity index (χ0v) is 13.4. The van der Waals surface area contributed by atoms with Gasteiger partial charge in [-0.05, 0) is 42.9 Å². The van der Waals surface area contributed by atoms with Crippen LogP contribution in [-0.4, -0.2) is 19.3 Å². The summed E-state index contributed by atoms with van der Waals surface area (Å²) in [7, 11) is -0.110. The Kier molecular flexibility index (Phi) is 7.44. The molecule has 0 atom stereocenters. The average molecular weight is 280 g/mol. The molecule has 0 spiro atoms. The lowest BCUT2D eigenvalue weighted by Gasteiger charge is -2.34. The first-order chi connectivity index (χ1) is 9.81. The Balaban J connectivity index is 1.59. The molecule has 0 saturated heterocycles. The lowest BCUT2D eigenvalue weighted by atomic mass is 9.73. The molecular weight excluding hydrogens is 247 g/mol. The zero-order valence-electron chi connectivity index (χ0n) is 13.4. The zero-order chi connectivity index (χ0) is 14.2. The van der Waals surface area contributed by atoms with Gasteiger partial charge in [0.2, 0.25) is 0 Å². The van der Waals surface area contributed by atoms with E-state index in [1.807, 2.05) is 0 Å². The van der Waals surface area contributed by atoms with E-state index in [1.165, 1.54) is 70.6 Å². The van der Waals surface area contributed by atoms with E-state index < -0.39 is 0 Å². The highest BCUT2D eigenvalue weighted by Gasteiger charge is 2.26. The first-order valence-corrected chi connectivity index (χ1v) is 9.00. The molecular formula is C17H33BO2. The van der Waals surface area contributed by atoms with Crippen LogP contribution < -0.4 is 0 Å². The molecule has 1 N–H and O–H groups in total. The standard InChI is InChI=1S/C17H33BO2/c1-2-3-14-4-6-15(7-5-14)12-16-8-10-17(11-9-16)13-20-18-19/h14-19H,2-13H2,1H3. The van der Waals surface area contributed by atoms with Crippen molar-refractivity contribution in [3.8, 4) is 0 Å². The fraction of sp³-hybridized carbons (Fsp3) is 1.00. The van der Waals surface area contributed by atoms with Crippen molar-refractivity contribution < 1.29 is 9.68 Å². The largest absolute Gasteiger partial charge is 0.435 e. The summed E-state index contributed by atoms with van der Waals surface area (Å²) in [6.07, 6.45) is 15.7. The average Bonchev–Trinajstić information content (AvgIpc) is 2.49. The molecule has 0 aliphatic heterocycles. The first kappa shape index (κ1) is 16.4. The van der Waals surface area contributed by atoms with Gasteiger partial charge in [-0.15, -0.1) is 0 Å². The number of rotatable bonds is 7. The van der Waals surface area contributed by atoms with Crippen LogP contribution in [0.1, 0.15) is 77.6 Å². The molecule has 2 fully saturated rings. The molecule has 0 aromatic rings. The van der Waals surface area contributed by atoms with Crippen LogP contribution >= 0.6 is 0 Å². The molecule has 3 heteroatoms. The van der Waals surface area contributed by atoms with Crippen molar-refractivity contribution >= 4 is 7.69 Å². The maximum absolute atomic E-state index is 8.70. The summed E-state index contributed by atoms with van der Waals surface area (Å²) in [5.41, 5.74) is 0. The molecule has 0 amide bonds. The molecule has 0 bridgehead atoms. The highest BCUT2D eigenvalue weighted by atomic mass is 16.5. The monoisotopic (exact) mass is 280 g/mol. The van der Waals surface area contributed by atoms with Gasteiger partial charge >= 0.3 is 7.69 Å². The van der Waals surface area contributed by atoms with E-state index in [9.17, 15) is 0 Å². The van der Waals surface area contributed by atoms with E-state index in [0.29, 0.717) is 5.92 Å². The van der Waals surface area contributed by atoms with E-state index in [1.54, 1.807) is 0 Å². The van der Waals surface area contributed by atoms with Crippen molar-refractivity contribution in [1.82, 2.24) is 0 Å². The first-order valence-electron chi connectivity index (χ1n) is 9.00. The topological polar surface area (TPSA) is 29.5 Å². The molecule has 2 aliphatic carbocycles. The highest BCUT2D eigenvalue weighted by molar-refractivity contribution is 6.15. The van der Waals surface area contributed by atoms with Gasteiger partial charge in [0.15, 0.2) is 0 Å². The molecule has 0 radical (unpaired) electrons. The van der Waals surface area contributed by atoms with Gasteiger partial charge in [0.25, 0.3) is 0 Å². The van der Waals surface area contributed by atoms with Crippen LogP contribution in [0, 0.1) is 23.7 Å². The summed E-state index contributed by atoms with van der Waals surface area (Å²) in [6.45, 7) is 3.09. The van der Waals surface area contributed by atoms with Crippen molar-refractivity contribution in [1.29, 1.82) is 0 Å². The van der Waals surface area contributed by atoms with Crippen LogP contribution in [0.2, 0.25) is 0 Å². The Morgan fingerprint density at radius 1 is 0.850 bits per heavy atom. The SMILES string of the molecule is CCCC1CCC(CC2CCC(COBO)CC2)CC1. The smallest absolute Gasteiger partial charge is 0.430 e. The third-order valence-corrected chi connectivity index (χ3v) is 5.74. The minimum absolute atomic E-state index is 0.110. The van der Waals surface area contributed by atoms with Crippen LogP contribution in [0.25, 0.3) is 0 Å². The lowest BCUT2D eigenvalue weighted by Crippen LogP contribution is -2.23. The van der Waals surface area contributed by atoms with E-state index in [0.717, 1.165) is 24.4 Å². The minimum Gasteiger partial charge on any atom is -0.430 e. The maximum atomic E-state index is 8.70. The summed E-state index contributed by atoms with van der Waals surface area (Å²) >= 11 is 0. The third kappa shape index (κ3) is 5.40. The van der Waals surface area contributed by atoms with Crippen molar-refractivity contribution in [2.24, 2.45) is 23.7 Å². The van der Waals surface area contributed by atoms with Crippen molar-refractivity contribution in [3.63, 3.8) is 0 Å². The van der Waals surface area contributed by atoms with Gasteiger partial charge in [-0.3, -0.25) is 0 Å². The fourth-order valence-corrected chi connectivity index (χ4v) is 4.49. The molecule has 116 valence electrons. The van der Waals surface area contributed by atoms with Gasteiger partial charge in [0.1, 0.15) is 0 Å². The summed E-state index contributed by atoms with van der Waals surface area (Å²) < 4.78 is 5.15. The third-order valence-electron chi connectivity index (χ3n) is 5.74. The Labute approximate surface area is 126 Å². The van der Waals surface area contributed by atoms with Crippen molar-refractivity contribution in [3.05, 3.63) is 0 Å². The maximum Gasteiger partial charge on any atom is 0.435 e. The number of hydrogen-bond donors (Lipinski definition) is 1. The van der Waals surface area contributed by atoms with Crippen LogP contribution in [0.3, 0.4) is 0 Å². The van der Waals surface area contributed by atoms with Gasteiger partial charge in [0.05, 0.1) is 0 Å². The number of hydrogen-bond acceptors (Lipinski definition) is 2. The second-order valence-corrected chi connectivity index (χ2v) is 7.30. The second kappa shape index (κ2) is 9.09. The molecule has 0 aromatic carbocycles. The highest BCUT2D eigenvalue weighted by Crippen LogP contribution is 2.39. The van der Waals surface area contributed by atoms with E-state index >= 15 is 0 Å². The van der Waals surface area contributed by atoms with Gasteiger partial charge in [-0.1, -0.05) is 58.3 Å². The Bertz CT molecular complexity index is 243. The molecule has 0 heterocycles. The van der Waals surface area contributed by atoms with Gasteiger partial charge in [-0.25, -0.2) is 0 Å². The van der Waals surface area contributed by atoms with Crippen LogP contribution in [0.4, 0.5) is 0 Å². The van der Waals surface area contributed by atoms with Crippen LogP contribution in [0.15, 0.2) is 0 Å². The minimum atomic E-state index is -0.110. The normalized spacial score (nSPS) is 34.9. The van der Waals surface area contributed by atoms with Gasteiger partial charge in [-0.2, -0.15) is 0 Å². The fourth-order valence-electron chi connectivity index (χ4n) is 4.49. The summed E-state index contributed by atoms with van der Waals surface area (Å²) in [4.78, 5) is 0. The summed E-state index contributed by atoms with van der Waals surface area (Å²) in [5.74, 6) is 3.76. The molecule has 0 aromatic heterocycles. The molecule has 2 aliphatic rings. The van der Waals surface area contributed by atoms with Gasteiger partial charge in [0, 0.05) is 6.61 Å². The quantitative estimate of drug-likeness (QED) is 0.712. The predicted molar refractivity (Wildman–Crippen MR) is 85.7 cm³/mol. The van der Waals surface area contributed by atoms with Crippen molar-refractivity contribution in [2.75, 3.05) is 6.61 Å². The van der Waals surface area contributed by atoms with Crippen LogP contribution in [-0.2, 0) is 4.65 Å². The molecule has 20 heavy (non-hydrogen) atoms. The molecule has 2 saturated carbocycles. The lowest BCUT2D eigenvalue weighted by molar-refractivity contribution is 0.149. The molecule has 2 nitrogen and oxygen atoms in total. The summed E-state index contributed by atoms with van der Waals surface area (Å²) in [5, 5.41) is 8.70.